The van der Waals surface area contributed by atoms with Gasteiger partial charge in [-0.3, -0.25) is 4.79 Å². The van der Waals surface area contributed by atoms with Gasteiger partial charge in [0.25, 0.3) is 0 Å². The number of fused-ring (bicyclic) bond motifs is 1. The molecule has 0 aliphatic rings. The first-order valence-electron chi connectivity index (χ1n) is 12.9. The van der Waals surface area contributed by atoms with E-state index in [-0.39, 0.29) is 5.91 Å². The molecule has 0 saturated carbocycles. The number of hydrogen-bond acceptors (Lipinski definition) is 4. The first-order valence-corrected chi connectivity index (χ1v) is 12.9. The number of carbonyl (C=O) groups excluding carboxylic acids is 2. The highest BCUT2D eigenvalue weighted by atomic mass is 16.5. The molecule has 0 aliphatic heterocycles. The molecule has 3 aromatic carbocycles. The van der Waals surface area contributed by atoms with Crippen LogP contribution in [0.5, 0.6) is 11.5 Å². The van der Waals surface area contributed by atoms with Crippen LogP contribution in [0, 0.1) is 13.8 Å². The monoisotopic (exact) mass is 528 g/mol. The molecule has 1 heterocycles. The number of benzene rings is 3. The van der Waals surface area contributed by atoms with E-state index in [0.717, 1.165) is 38.8 Å². The van der Waals surface area contributed by atoms with Crippen LogP contribution in [-0.2, 0) is 17.6 Å². The van der Waals surface area contributed by atoms with Gasteiger partial charge in [-0.1, -0.05) is 42.5 Å². The van der Waals surface area contributed by atoms with E-state index in [4.69, 9.17) is 9.47 Å². The molecular weight excluding hydrogens is 492 g/mol. The van der Waals surface area contributed by atoms with Gasteiger partial charge in [0.2, 0.25) is 5.91 Å². The van der Waals surface area contributed by atoms with Crippen LogP contribution in [0.1, 0.15) is 22.3 Å². The lowest BCUT2D eigenvalue weighted by Crippen LogP contribution is -2.50. The van der Waals surface area contributed by atoms with Gasteiger partial charge in [0.1, 0.15) is 6.04 Å². The molecule has 0 radical (unpaired) electrons. The Morgan fingerprint density at radius 2 is 1.67 bits per heavy atom. The highest BCUT2D eigenvalue weighted by molar-refractivity contribution is 5.95. The maximum absolute atomic E-state index is 13.7. The third-order valence-corrected chi connectivity index (χ3v) is 6.98. The first-order chi connectivity index (χ1) is 18.8. The van der Waals surface area contributed by atoms with E-state index in [9.17, 15) is 9.59 Å². The second kappa shape index (κ2) is 12.4. The second-order valence-corrected chi connectivity index (χ2v) is 9.68. The second-order valence-electron chi connectivity index (χ2n) is 9.68. The summed E-state index contributed by atoms with van der Waals surface area (Å²) in [5, 5.41) is 6.92. The molecule has 4 aromatic rings. The highest BCUT2D eigenvalue weighted by Crippen LogP contribution is 2.28. The van der Waals surface area contributed by atoms with E-state index in [2.05, 4.69) is 15.6 Å². The SMILES string of the molecule is COc1ccc(CCN(C)C(=O)C(Cc2c[nH]c3ccccc23)NC(=O)Nc2c(C)cccc2C)cc1OC. The van der Waals surface area contributed by atoms with Crippen LogP contribution < -0.4 is 20.1 Å². The summed E-state index contributed by atoms with van der Waals surface area (Å²) >= 11 is 0. The molecule has 3 amide bonds. The van der Waals surface area contributed by atoms with Crippen LogP contribution in [0.3, 0.4) is 0 Å². The number of aryl methyl sites for hydroxylation is 2. The average Bonchev–Trinajstić information content (AvgIpc) is 3.35. The number of carbonyl (C=O) groups is 2. The number of anilines is 1. The number of aromatic amines is 1. The summed E-state index contributed by atoms with van der Waals surface area (Å²) < 4.78 is 10.7. The Kier molecular flexibility index (Phi) is 8.76. The minimum absolute atomic E-state index is 0.169. The molecule has 8 nitrogen and oxygen atoms in total. The maximum atomic E-state index is 13.7. The van der Waals surface area contributed by atoms with Crippen molar-refractivity contribution in [2.45, 2.75) is 32.7 Å². The van der Waals surface area contributed by atoms with Gasteiger partial charge in [-0.05, 0) is 60.7 Å². The minimum Gasteiger partial charge on any atom is -0.493 e. The summed E-state index contributed by atoms with van der Waals surface area (Å²) in [6.07, 6.45) is 2.88. The van der Waals surface area contributed by atoms with Gasteiger partial charge in [0.15, 0.2) is 11.5 Å². The molecule has 0 spiro atoms. The average molecular weight is 529 g/mol. The zero-order chi connectivity index (χ0) is 27.9. The Labute approximate surface area is 229 Å². The molecule has 1 atom stereocenters. The van der Waals surface area contributed by atoms with Crippen molar-refractivity contribution in [2.75, 3.05) is 33.1 Å². The molecule has 0 bridgehead atoms. The lowest BCUT2D eigenvalue weighted by molar-refractivity contribution is -0.131. The third-order valence-electron chi connectivity index (χ3n) is 6.98. The fourth-order valence-electron chi connectivity index (χ4n) is 4.75. The number of hydrogen-bond donors (Lipinski definition) is 3. The Morgan fingerprint density at radius 3 is 2.38 bits per heavy atom. The first kappa shape index (κ1) is 27.6. The molecule has 1 aromatic heterocycles. The lowest BCUT2D eigenvalue weighted by Gasteiger charge is -2.25. The molecule has 8 heteroatoms. The van der Waals surface area contributed by atoms with E-state index < -0.39 is 12.1 Å². The number of para-hydroxylation sites is 2. The summed E-state index contributed by atoms with van der Waals surface area (Å²) in [5.41, 5.74) is 5.62. The molecule has 0 fully saturated rings. The maximum Gasteiger partial charge on any atom is 0.319 e. The number of aromatic nitrogens is 1. The topological polar surface area (TPSA) is 95.7 Å². The Balaban J connectivity index is 1.51. The number of amides is 3. The van der Waals surface area contributed by atoms with Crippen molar-refractivity contribution < 1.29 is 19.1 Å². The van der Waals surface area contributed by atoms with Crippen molar-refractivity contribution in [2.24, 2.45) is 0 Å². The highest BCUT2D eigenvalue weighted by Gasteiger charge is 2.26. The van der Waals surface area contributed by atoms with E-state index in [1.165, 1.54) is 0 Å². The number of nitrogens with one attached hydrogen (secondary N) is 3. The van der Waals surface area contributed by atoms with Crippen LogP contribution in [0.15, 0.2) is 66.9 Å². The van der Waals surface area contributed by atoms with Crippen molar-refractivity contribution in [3.63, 3.8) is 0 Å². The van der Waals surface area contributed by atoms with Gasteiger partial charge in [0, 0.05) is 42.8 Å². The molecule has 4 rings (SSSR count). The van der Waals surface area contributed by atoms with Crippen molar-refractivity contribution in [3.8, 4) is 11.5 Å². The standard InChI is InChI=1S/C31H36N4O4/c1-20-9-8-10-21(2)29(20)34-31(37)33-26(18-23-19-32-25-12-7-6-11-24(23)25)30(36)35(3)16-15-22-13-14-27(38-4)28(17-22)39-5/h6-14,17,19,26,32H,15-16,18H2,1-5H3,(H2,33,34,37). The normalized spacial score (nSPS) is 11.6. The van der Waals surface area contributed by atoms with E-state index in [1.807, 2.05) is 80.7 Å². The van der Waals surface area contributed by atoms with Crippen LogP contribution >= 0.6 is 0 Å². The van der Waals surface area contributed by atoms with E-state index in [1.54, 1.807) is 26.2 Å². The molecule has 0 saturated heterocycles. The number of urea groups is 1. The van der Waals surface area contributed by atoms with Crippen LogP contribution in [0.4, 0.5) is 10.5 Å². The van der Waals surface area contributed by atoms with Crippen LogP contribution in [0.25, 0.3) is 10.9 Å². The van der Waals surface area contributed by atoms with Crippen molar-refractivity contribution in [3.05, 3.63) is 89.1 Å². The largest absolute Gasteiger partial charge is 0.493 e. The van der Waals surface area contributed by atoms with Crippen LogP contribution in [0.2, 0.25) is 0 Å². The fraction of sp³-hybridized carbons (Fsp3) is 0.290. The Hall–Kier alpha value is -4.46. The fourth-order valence-corrected chi connectivity index (χ4v) is 4.75. The number of methoxy groups -OCH3 is 2. The van der Waals surface area contributed by atoms with Gasteiger partial charge in [0.05, 0.1) is 14.2 Å². The quantitative estimate of drug-likeness (QED) is 0.262. The summed E-state index contributed by atoms with van der Waals surface area (Å²) in [5.74, 6) is 1.13. The summed E-state index contributed by atoms with van der Waals surface area (Å²) in [6, 6.07) is 18.3. The van der Waals surface area contributed by atoms with Crippen molar-refractivity contribution >= 4 is 28.5 Å². The van der Waals surface area contributed by atoms with E-state index >= 15 is 0 Å². The summed E-state index contributed by atoms with van der Waals surface area (Å²) in [4.78, 5) is 31.8. The van der Waals surface area contributed by atoms with Gasteiger partial charge in [-0.15, -0.1) is 0 Å². The number of likely N-dealkylation sites (N-methyl/N-ethyl adjacent to an activating group) is 1. The molecular formula is C31H36N4O4. The Morgan fingerprint density at radius 1 is 0.949 bits per heavy atom. The van der Waals surface area contributed by atoms with Crippen molar-refractivity contribution in [1.29, 1.82) is 0 Å². The zero-order valence-corrected chi connectivity index (χ0v) is 23.1. The van der Waals surface area contributed by atoms with Gasteiger partial charge in [-0.25, -0.2) is 4.79 Å². The number of H-pyrrole nitrogens is 1. The number of ether oxygens (including phenoxy) is 2. The van der Waals surface area contributed by atoms with Gasteiger partial charge < -0.3 is 30.0 Å². The van der Waals surface area contributed by atoms with Crippen molar-refractivity contribution in [1.82, 2.24) is 15.2 Å². The summed E-state index contributed by atoms with van der Waals surface area (Å²) in [6.45, 7) is 4.36. The molecule has 3 N–H and O–H groups in total. The Bertz CT molecular complexity index is 1440. The lowest BCUT2D eigenvalue weighted by atomic mass is 10.0. The summed E-state index contributed by atoms with van der Waals surface area (Å²) in [7, 11) is 4.96. The number of rotatable bonds is 10. The molecule has 204 valence electrons. The molecule has 0 aliphatic carbocycles. The predicted molar refractivity (Wildman–Crippen MR) is 155 cm³/mol. The number of nitrogens with zero attached hydrogens (tertiary/aromatic N) is 1. The zero-order valence-electron chi connectivity index (χ0n) is 23.1. The van der Waals surface area contributed by atoms with E-state index in [0.29, 0.717) is 30.9 Å². The van der Waals surface area contributed by atoms with Gasteiger partial charge >= 0.3 is 6.03 Å². The molecule has 39 heavy (non-hydrogen) atoms. The smallest absolute Gasteiger partial charge is 0.319 e. The third kappa shape index (κ3) is 6.52. The van der Waals surface area contributed by atoms with Gasteiger partial charge in [-0.2, -0.15) is 0 Å². The predicted octanol–water partition coefficient (Wildman–Crippen LogP) is 5.24. The molecule has 1 unspecified atom stereocenters. The van der Waals surface area contributed by atoms with Crippen LogP contribution in [-0.4, -0.2) is 55.7 Å². The minimum atomic E-state index is -0.760.